The van der Waals surface area contributed by atoms with Crippen LogP contribution in [0.5, 0.6) is 5.75 Å². The fourth-order valence-corrected chi connectivity index (χ4v) is 3.46. The van der Waals surface area contributed by atoms with Crippen molar-refractivity contribution >= 4 is 28.3 Å². The molecule has 1 atom stereocenters. The summed E-state index contributed by atoms with van der Waals surface area (Å²) in [4.78, 5) is 12.4. The number of rotatable bonds is 5. The van der Waals surface area contributed by atoms with E-state index in [9.17, 15) is 18.7 Å². The van der Waals surface area contributed by atoms with Gasteiger partial charge in [-0.05, 0) is 29.7 Å². The van der Waals surface area contributed by atoms with Crippen LogP contribution in [0.1, 0.15) is 37.4 Å². The Labute approximate surface area is 166 Å². The lowest BCUT2D eigenvalue weighted by atomic mass is 9.94. The molecule has 0 heterocycles. The number of carbonyl (C=O) groups is 1. The average Bonchev–Trinajstić information content (AvgIpc) is 2.65. The Morgan fingerprint density at radius 1 is 1.07 bits per heavy atom. The average molecular weight is 404 g/mol. The lowest BCUT2D eigenvalue weighted by Crippen LogP contribution is -2.30. The molecule has 0 aromatic heterocycles. The van der Waals surface area contributed by atoms with E-state index in [1.807, 2.05) is 13.8 Å². The van der Waals surface area contributed by atoms with E-state index in [0.29, 0.717) is 26.9 Å². The third-order valence-electron chi connectivity index (χ3n) is 4.48. The van der Waals surface area contributed by atoms with Crippen LogP contribution in [-0.2, 0) is 4.79 Å². The molecule has 0 saturated carbocycles. The molecule has 6 heteroatoms. The van der Waals surface area contributed by atoms with Crippen LogP contribution in [0.25, 0.3) is 10.8 Å². The summed E-state index contributed by atoms with van der Waals surface area (Å²) in [6.45, 7) is 3.80. The number of phenols is 1. The summed E-state index contributed by atoms with van der Waals surface area (Å²) < 4.78 is 27.3. The monoisotopic (exact) mass is 403 g/mol. The van der Waals surface area contributed by atoms with Gasteiger partial charge in [0, 0.05) is 27.8 Å². The maximum absolute atomic E-state index is 13.9. The minimum Gasteiger partial charge on any atom is -0.507 e. The fourth-order valence-electron chi connectivity index (χ4n) is 3.18. The minimum atomic E-state index is -1.04. The molecule has 0 fully saturated rings. The largest absolute Gasteiger partial charge is 0.507 e. The van der Waals surface area contributed by atoms with E-state index in [4.69, 9.17) is 11.6 Å². The Bertz CT molecular complexity index is 1040. The number of nitrogens with one attached hydrogen (secondary N) is 1. The summed E-state index contributed by atoms with van der Waals surface area (Å²) in [5.41, 5.74) is 0.615. The second-order valence-corrected chi connectivity index (χ2v) is 7.52. The number of benzene rings is 3. The van der Waals surface area contributed by atoms with Crippen molar-refractivity contribution in [1.82, 2.24) is 5.32 Å². The Balaban J connectivity index is 2.15. The van der Waals surface area contributed by atoms with Gasteiger partial charge in [-0.25, -0.2) is 8.78 Å². The molecular formula is C22H20ClF2NO2. The highest BCUT2D eigenvalue weighted by molar-refractivity contribution is 6.36. The van der Waals surface area contributed by atoms with Crippen LogP contribution in [0.15, 0.2) is 48.5 Å². The molecule has 0 spiro atoms. The van der Waals surface area contributed by atoms with Crippen molar-refractivity contribution in [2.75, 3.05) is 0 Å². The van der Waals surface area contributed by atoms with Crippen molar-refractivity contribution in [2.24, 2.45) is 5.92 Å². The van der Waals surface area contributed by atoms with E-state index in [1.165, 1.54) is 6.07 Å². The fraction of sp³-hybridized carbons (Fsp3) is 0.227. The Hall–Kier alpha value is -2.66. The minimum absolute atomic E-state index is 0.0698. The molecule has 28 heavy (non-hydrogen) atoms. The standard InChI is InChI=1S/C22H20ClF2NO2/c1-12(2)9-20(27)26-21(13-7-8-18(24)19(25)10-13)16-11-17(23)14-5-3-4-6-15(14)22(16)28/h3-8,10-12,21,28H,9H2,1-2H3,(H,26,27). The number of fused-ring (bicyclic) bond motifs is 1. The first kappa shape index (κ1) is 20.1. The van der Waals surface area contributed by atoms with E-state index in [2.05, 4.69) is 5.32 Å². The van der Waals surface area contributed by atoms with Crippen LogP contribution in [0, 0.1) is 17.6 Å². The van der Waals surface area contributed by atoms with Crippen molar-refractivity contribution in [1.29, 1.82) is 0 Å². The third kappa shape index (κ3) is 4.09. The molecule has 0 radical (unpaired) electrons. The first-order valence-electron chi connectivity index (χ1n) is 8.92. The number of halogens is 3. The highest BCUT2D eigenvalue weighted by Crippen LogP contribution is 2.39. The van der Waals surface area contributed by atoms with Gasteiger partial charge in [-0.3, -0.25) is 4.79 Å². The summed E-state index contributed by atoms with van der Waals surface area (Å²) in [5, 5.41) is 15.2. The van der Waals surface area contributed by atoms with Gasteiger partial charge >= 0.3 is 0 Å². The van der Waals surface area contributed by atoms with Gasteiger partial charge < -0.3 is 10.4 Å². The summed E-state index contributed by atoms with van der Waals surface area (Å²) in [6.07, 6.45) is 0.252. The van der Waals surface area contributed by atoms with E-state index in [0.717, 1.165) is 12.1 Å². The van der Waals surface area contributed by atoms with Crippen molar-refractivity contribution in [3.63, 3.8) is 0 Å². The van der Waals surface area contributed by atoms with Crippen LogP contribution < -0.4 is 5.32 Å². The molecule has 1 amide bonds. The first-order chi connectivity index (χ1) is 13.3. The SMILES string of the molecule is CC(C)CC(=O)NC(c1ccc(F)c(F)c1)c1cc(Cl)c2ccccc2c1O. The second-order valence-electron chi connectivity index (χ2n) is 7.11. The summed E-state index contributed by atoms with van der Waals surface area (Å²) in [7, 11) is 0. The number of phenolic OH excluding ortho intramolecular Hbond substituents is 1. The van der Waals surface area contributed by atoms with E-state index < -0.39 is 17.7 Å². The Morgan fingerprint density at radius 3 is 2.39 bits per heavy atom. The van der Waals surface area contributed by atoms with Crippen molar-refractivity contribution in [2.45, 2.75) is 26.3 Å². The van der Waals surface area contributed by atoms with Gasteiger partial charge in [0.25, 0.3) is 0 Å². The normalized spacial score (nSPS) is 12.4. The van der Waals surface area contributed by atoms with Gasteiger partial charge in [0.05, 0.1) is 6.04 Å². The summed E-state index contributed by atoms with van der Waals surface area (Å²) in [6, 6.07) is 11.1. The van der Waals surface area contributed by atoms with Gasteiger partial charge in [0.2, 0.25) is 5.91 Å². The molecule has 3 aromatic carbocycles. The number of aromatic hydroxyl groups is 1. The number of hydrogen-bond acceptors (Lipinski definition) is 2. The zero-order valence-electron chi connectivity index (χ0n) is 15.5. The Kier molecular flexibility index (Phi) is 5.84. The highest BCUT2D eigenvalue weighted by atomic mass is 35.5. The number of hydrogen-bond donors (Lipinski definition) is 2. The third-order valence-corrected chi connectivity index (χ3v) is 4.79. The lowest BCUT2D eigenvalue weighted by Gasteiger charge is -2.23. The predicted octanol–water partition coefficient (Wildman–Crippen LogP) is 5.73. The summed E-state index contributed by atoms with van der Waals surface area (Å²) in [5.74, 6) is -2.25. The quantitative estimate of drug-likeness (QED) is 0.571. The molecule has 3 rings (SSSR count). The molecular weight excluding hydrogens is 384 g/mol. The molecule has 0 aliphatic heterocycles. The van der Waals surface area contributed by atoms with Gasteiger partial charge in [0.1, 0.15) is 5.75 Å². The molecule has 0 bridgehead atoms. The van der Waals surface area contributed by atoms with Gasteiger partial charge in [-0.15, -0.1) is 0 Å². The van der Waals surface area contributed by atoms with Crippen molar-refractivity contribution in [3.8, 4) is 5.75 Å². The zero-order chi connectivity index (χ0) is 20.4. The molecule has 2 N–H and O–H groups in total. The summed E-state index contributed by atoms with van der Waals surface area (Å²) >= 11 is 6.39. The molecule has 146 valence electrons. The number of amides is 1. The maximum Gasteiger partial charge on any atom is 0.221 e. The molecule has 0 aliphatic rings. The Morgan fingerprint density at radius 2 is 1.75 bits per heavy atom. The molecule has 3 nitrogen and oxygen atoms in total. The second kappa shape index (κ2) is 8.15. The van der Waals surface area contributed by atoms with E-state index >= 15 is 0 Å². The molecule has 0 saturated heterocycles. The van der Waals surface area contributed by atoms with Gasteiger partial charge in [0.15, 0.2) is 11.6 Å². The molecule has 0 aliphatic carbocycles. The van der Waals surface area contributed by atoms with Crippen LogP contribution in [0.4, 0.5) is 8.78 Å². The zero-order valence-corrected chi connectivity index (χ0v) is 16.2. The van der Waals surface area contributed by atoms with Gasteiger partial charge in [-0.2, -0.15) is 0 Å². The predicted molar refractivity (Wildman–Crippen MR) is 106 cm³/mol. The van der Waals surface area contributed by atoms with Crippen LogP contribution >= 0.6 is 11.6 Å². The van der Waals surface area contributed by atoms with E-state index in [1.54, 1.807) is 30.3 Å². The van der Waals surface area contributed by atoms with Crippen LogP contribution in [0.2, 0.25) is 5.02 Å². The van der Waals surface area contributed by atoms with E-state index in [-0.39, 0.29) is 24.0 Å². The highest BCUT2D eigenvalue weighted by Gasteiger charge is 2.24. The smallest absolute Gasteiger partial charge is 0.221 e. The molecule has 1 unspecified atom stereocenters. The number of carbonyl (C=O) groups excluding carboxylic acids is 1. The van der Waals surface area contributed by atoms with Crippen molar-refractivity contribution in [3.05, 3.63) is 76.3 Å². The molecule has 3 aromatic rings. The first-order valence-corrected chi connectivity index (χ1v) is 9.30. The van der Waals surface area contributed by atoms with Crippen LogP contribution in [0.3, 0.4) is 0 Å². The lowest BCUT2D eigenvalue weighted by molar-refractivity contribution is -0.122. The van der Waals surface area contributed by atoms with Crippen molar-refractivity contribution < 1.29 is 18.7 Å². The topological polar surface area (TPSA) is 49.3 Å². The van der Waals surface area contributed by atoms with Crippen LogP contribution in [-0.4, -0.2) is 11.0 Å². The maximum atomic E-state index is 13.9. The van der Waals surface area contributed by atoms with Gasteiger partial charge in [-0.1, -0.05) is 55.8 Å².